The molecule has 406 valence electrons. The summed E-state index contributed by atoms with van der Waals surface area (Å²) in [5, 5.41) is 19.3. The number of benzene rings is 8. The number of rotatable bonds is 18. The number of nitrogens with zero attached hydrogens (tertiary/aromatic N) is 7. The summed E-state index contributed by atoms with van der Waals surface area (Å²) >= 11 is 0. The van der Waals surface area contributed by atoms with E-state index in [1.54, 1.807) is 0 Å². The predicted octanol–water partition coefficient (Wildman–Crippen LogP) is 17.6. The van der Waals surface area contributed by atoms with Gasteiger partial charge < -0.3 is 9.47 Å². The maximum Gasteiger partial charge on any atom is 0.168 e. The molecule has 0 saturated carbocycles. The number of ether oxygens (including phenoxy) is 2. The summed E-state index contributed by atoms with van der Waals surface area (Å²) in [6.45, 7) is 23.1. The zero-order valence-electron chi connectivity index (χ0n) is 47.6. The van der Waals surface area contributed by atoms with Gasteiger partial charge in [0.15, 0.2) is 23.3 Å². The third-order valence-corrected chi connectivity index (χ3v) is 14.9. The Bertz CT molecular complexity index is 3700. The molecule has 9 nitrogen and oxygen atoms in total. The van der Waals surface area contributed by atoms with E-state index in [9.17, 15) is 0 Å². The molecule has 0 aliphatic heterocycles. The summed E-state index contributed by atoms with van der Waals surface area (Å²) in [6, 6.07) is 73.8. The molecule has 0 aliphatic rings. The zero-order valence-corrected chi connectivity index (χ0v) is 47.6. The molecule has 0 spiro atoms. The minimum Gasteiger partial charge on any atom is -0.372 e. The van der Waals surface area contributed by atoms with Gasteiger partial charge in [-0.1, -0.05) is 243 Å². The maximum atomic E-state index is 6.09. The van der Waals surface area contributed by atoms with E-state index in [2.05, 4.69) is 276 Å². The number of hydrogen-bond acceptors (Lipinski definition) is 7. The molecule has 3 aromatic heterocycles. The lowest BCUT2D eigenvalue weighted by atomic mass is 9.87. The second-order valence-corrected chi connectivity index (χ2v) is 22.8. The van der Waals surface area contributed by atoms with E-state index in [0.717, 1.165) is 113 Å². The van der Waals surface area contributed by atoms with E-state index in [-0.39, 0.29) is 10.8 Å². The van der Waals surface area contributed by atoms with Gasteiger partial charge in [-0.2, -0.15) is 0 Å². The van der Waals surface area contributed by atoms with Crippen LogP contribution in [-0.2, 0) is 46.7 Å². The Morgan fingerprint density at radius 1 is 0.341 bits per heavy atom. The van der Waals surface area contributed by atoms with Crippen molar-refractivity contribution in [2.75, 3.05) is 0 Å². The van der Waals surface area contributed by atoms with Crippen molar-refractivity contribution in [2.24, 2.45) is 0 Å². The molecular formula is C73H67N7O2. The quantitative estimate of drug-likeness (QED) is 0.0845. The molecule has 0 N–H and O–H groups in total. The lowest BCUT2D eigenvalue weighted by Gasteiger charge is -2.20. The molecule has 82 heavy (non-hydrogen) atoms. The molecule has 0 radical (unpaired) electrons. The lowest BCUT2D eigenvalue weighted by Crippen LogP contribution is -2.11. The summed E-state index contributed by atoms with van der Waals surface area (Å²) < 4.78 is 16.5. The van der Waals surface area contributed by atoms with Crippen LogP contribution < -0.4 is 0 Å². The van der Waals surface area contributed by atoms with Gasteiger partial charge in [-0.3, -0.25) is 9.13 Å². The van der Waals surface area contributed by atoms with Crippen molar-refractivity contribution in [1.82, 2.24) is 34.5 Å². The first kappa shape index (κ1) is 54.5. The van der Waals surface area contributed by atoms with Gasteiger partial charge in [0.2, 0.25) is 0 Å². The number of aromatic nitrogens is 7. The van der Waals surface area contributed by atoms with Crippen LogP contribution >= 0.6 is 0 Å². The van der Waals surface area contributed by atoms with Gasteiger partial charge in [0.1, 0.15) is 0 Å². The molecule has 11 rings (SSSR count). The Kier molecular flexibility index (Phi) is 15.8. The summed E-state index contributed by atoms with van der Waals surface area (Å²) in [6.07, 6.45) is 3.69. The minimum absolute atomic E-state index is 0.00833. The fourth-order valence-electron chi connectivity index (χ4n) is 9.94. The number of pyridine rings is 1. The molecule has 0 saturated heterocycles. The van der Waals surface area contributed by atoms with Crippen molar-refractivity contribution in [3.8, 4) is 79.4 Å². The molecule has 11 aromatic rings. The van der Waals surface area contributed by atoms with Gasteiger partial charge in [-0.25, -0.2) is 4.98 Å². The van der Waals surface area contributed by atoms with Gasteiger partial charge in [0.05, 0.1) is 37.8 Å². The summed E-state index contributed by atoms with van der Waals surface area (Å²) in [5.74, 6) is 2.99. The van der Waals surface area contributed by atoms with E-state index in [1.165, 1.54) is 11.1 Å². The Morgan fingerprint density at radius 2 is 0.610 bits per heavy atom. The highest BCUT2D eigenvalue weighted by molar-refractivity contribution is 5.74. The smallest absolute Gasteiger partial charge is 0.168 e. The topological polar surface area (TPSA) is 92.8 Å². The summed E-state index contributed by atoms with van der Waals surface area (Å²) in [5.41, 5.74) is 18.6. The van der Waals surface area contributed by atoms with Crippen molar-refractivity contribution in [3.05, 3.63) is 270 Å². The van der Waals surface area contributed by atoms with E-state index in [1.807, 2.05) is 12.2 Å². The average Bonchev–Trinajstić information content (AvgIpc) is 4.26. The number of hydrogen-bond donors (Lipinski definition) is 0. The van der Waals surface area contributed by atoms with Crippen LogP contribution in [0, 0.1) is 0 Å². The molecule has 8 aromatic carbocycles. The Hall–Kier alpha value is -9.41. The minimum atomic E-state index is 0.00833. The lowest BCUT2D eigenvalue weighted by molar-refractivity contribution is 0.107. The Labute approximate surface area is 482 Å². The van der Waals surface area contributed by atoms with Gasteiger partial charge in [0, 0.05) is 44.8 Å². The van der Waals surface area contributed by atoms with Crippen LogP contribution in [0.25, 0.3) is 91.6 Å². The fraction of sp³-hybridized carbons (Fsp3) is 0.164. The average molecular weight is 1070 g/mol. The molecule has 0 unspecified atom stereocenters. The third kappa shape index (κ3) is 12.3. The largest absolute Gasteiger partial charge is 0.372 e. The van der Waals surface area contributed by atoms with Crippen molar-refractivity contribution >= 4 is 12.2 Å². The Morgan fingerprint density at radius 3 is 0.890 bits per heavy atom. The fourth-order valence-corrected chi connectivity index (χ4v) is 9.94. The predicted molar refractivity (Wildman–Crippen MR) is 334 cm³/mol. The van der Waals surface area contributed by atoms with Crippen molar-refractivity contribution in [2.45, 2.75) is 78.8 Å². The van der Waals surface area contributed by atoms with Crippen molar-refractivity contribution < 1.29 is 9.47 Å². The van der Waals surface area contributed by atoms with Crippen LogP contribution in [-0.4, -0.2) is 34.5 Å². The second kappa shape index (κ2) is 23.7. The van der Waals surface area contributed by atoms with E-state index in [4.69, 9.17) is 34.9 Å². The van der Waals surface area contributed by atoms with Crippen molar-refractivity contribution in [1.29, 1.82) is 0 Å². The van der Waals surface area contributed by atoms with Crippen LogP contribution in [0.15, 0.2) is 225 Å². The van der Waals surface area contributed by atoms with Crippen LogP contribution in [0.2, 0.25) is 0 Å². The normalized spacial score (nSPS) is 11.7. The molecule has 0 atom stereocenters. The first-order valence-corrected chi connectivity index (χ1v) is 27.9. The van der Waals surface area contributed by atoms with E-state index >= 15 is 0 Å². The highest BCUT2D eigenvalue weighted by Gasteiger charge is 2.22. The molecule has 0 bridgehead atoms. The van der Waals surface area contributed by atoms with Gasteiger partial charge >= 0.3 is 0 Å². The third-order valence-electron chi connectivity index (χ3n) is 14.9. The summed E-state index contributed by atoms with van der Waals surface area (Å²) in [4.78, 5) is 5.20. The standard InChI is InChI=1S/C73H67N7O2/c1-9-50-14-18-52(19-15-50)46-81-48-54-22-26-58(27-23-54)68-75-77-70(79(68)64-42-38-62(39-43-64)72(3,4)5)60-34-30-56(31-35-60)66-12-11-13-67(74-66)57-32-36-61(37-33-57)71-78-76-69(80(71)65-44-40-63(41-45-65)73(6,7)8)59-28-24-55(25-29-59)49-82-47-53-20-16-51(10-2)17-21-53/h9-45H,1-2,46-49H2,3-8H3. The van der Waals surface area contributed by atoms with Crippen molar-refractivity contribution in [3.63, 3.8) is 0 Å². The van der Waals surface area contributed by atoms with Crippen LogP contribution in [0.4, 0.5) is 0 Å². The highest BCUT2D eigenvalue weighted by atomic mass is 16.5. The molecule has 3 heterocycles. The SMILES string of the molecule is C=Cc1ccc(COCc2ccc(-c3nnc(-c4ccc(-c5cccc(-c6ccc(-c7nnc(-c8ccc(COCc9ccc(C=C)cc9)cc8)n7-c7ccc(C(C)(C)C)cc7)cc6)n5)cc4)n3-c3ccc(C(C)(C)C)cc3)cc2)cc1. The Balaban J connectivity index is 0.829. The zero-order chi connectivity index (χ0) is 56.8. The van der Waals surface area contributed by atoms with Crippen LogP contribution in [0.1, 0.15) is 86.1 Å². The van der Waals surface area contributed by atoms with Crippen LogP contribution in [0.3, 0.4) is 0 Å². The van der Waals surface area contributed by atoms with E-state index in [0.29, 0.717) is 26.4 Å². The highest BCUT2D eigenvalue weighted by Crippen LogP contribution is 2.35. The molecular weight excluding hydrogens is 1010 g/mol. The first-order chi connectivity index (χ1) is 39.8. The molecule has 9 heteroatoms. The molecule has 0 fully saturated rings. The van der Waals surface area contributed by atoms with Gasteiger partial charge in [-0.05, 0) is 91.7 Å². The van der Waals surface area contributed by atoms with Crippen LogP contribution in [0.5, 0.6) is 0 Å². The second-order valence-electron chi connectivity index (χ2n) is 22.8. The van der Waals surface area contributed by atoms with Gasteiger partial charge in [0.25, 0.3) is 0 Å². The molecule has 0 amide bonds. The molecule has 0 aliphatic carbocycles. The summed E-state index contributed by atoms with van der Waals surface area (Å²) in [7, 11) is 0. The monoisotopic (exact) mass is 1070 g/mol. The van der Waals surface area contributed by atoms with Gasteiger partial charge in [-0.15, -0.1) is 20.4 Å². The van der Waals surface area contributed by atoms with E-state index < -0.39 is 0 Å². The first-order valence-electron chi connectivity index (χ1n) is 27.9. The maximum absolute atomic E-state index is 6.09.